The molecule has 2 N–H and O–H groups in total. The largest absolute Gasteiger partial charge is 0.478 e. The van der Waals surface area contributed by atoms with Crippen LogP contribution in [-0.2, 0) is 0 Å². The number of carboxylic acids is 1. The van der Waals surface area contributed by atoms with Gasteiger partial charge in [0.1, 0.15) is 0 Å². The maximum Gasteiger partial charge on any atom is 0.337 e. The first kappa shape index (κ1) is 13.3. The second kappa shape index (κ2) is 5.66. The highest BCUT2D eigenvalue weighted by molar-refractivity contribution is 5.95. The molecule has 102 valence electrons. The monoisotopic (exact) mass is 265 g/mol. The summed E-state index contributed by atoms with van der Waals surface area (Å²) in [5.41, 5.74) is 0.440. The molecule has 0 aromatic heterocycles. The number of hydrogen-bond acceptors (Lipinski definition) is 5. The summed E-state index contributed by atoms with van der Waals surface area (Å²) < 4.78 is 0. The van der Waals surface area contributed by atoms with E-state index in [4.69, 9.17) is 0 Å². The molecule has 1 aliphatic rings. The van der Waals surface area contributed by atoms with Crippen LogP contribution in [0.1, 0.15) is 16.8 Å². The van der Waals surface area contributed by atoms with Crippen molar-refractivity contribution in [3.63, 3.8) is 0 Å². The molecule has 0 aliphatic carbocycles. The van der Waals surface area contributed by atoms with Crippen molar-refractivity contribution in [2.24, 2.45) is 0 Å². The first-order valence-electron chi connectivity index (χ1n) is 6.07. The number of carboxylic acid groups (broad SMARTS) is 1. The summed E-state index contributed by atoms with van der Waals surface area (Å²) in [5, 5.41) is 23.2. The van der Waals surface area contributed by atoms with Crippen LogP contribution >= 0.6 is 0 Å². The van der Waals surface area contributed by atoms with E-state index in [0.717, 1.165) is 19.5 Å². The first-order valence-corrected chi connectivity index (χ1v) is 6.07. The lowest BCUT2D eigenvalue weighted by Crippen LogP contribution is -2.29. The fourth-order valence-corrected chi connectivity index (χ4v) is 2.16. The molecule has 0 spiro atoms. The average molecular weight is 265 g/mol. The van der Waals surface area contributed by atoms with Crippen LogP contribution in [-0.4, -0.2) is 42.2 Å². The second-order valence-electron chi connectivity index (χ2n) is 4.35. The lowest BCUT2D eigenvalue weighted by molar-refractivity contribution is -0.384. The van der Waals surface area contributed by atoms with E-state index in [1.807, 2.05) is 4.90 Å². The van der Waals surface area contributed by atoms with Crippen LogP contribution in [0.5, 0.6) is 0 Å². The Morgan fingerprint density at radius 3 is 2.84 bits per heavy atom. The SMILES string of the molecule is O=C(O)c1ccc([N+](=O)[O-])cc1N1CCCNCC1. The zero-order valence-corrected chi connectivity index (χ0v) is 10.3. The molecule has 0 unspecified atom stereocenters. The van der Waals surface area contributed by atoms with Gasteiger partial charge in [0.25, 0.3) is 5.69 Å². The fourth-order valence-electron chi connectivity index (χ4n) is 2.16. The summed E-state index contributed by atoms with van der Waals surface area (Å²) in [6, 6.07) is 3.87. The minimum absolute atomic E-state index is 0.0859. The van der Waals surface area contributed by atoms with Crippen LogP contribution in [0.25, 0.3) is 0 Å². The Morgan fingerprint density at radius 1 is 1.37 bits per heavy atom. The van der Waals surface area contributed by atoms with E-state index >= 15 is 0 Å². The Bertz CT molecular complexity index is 496. The Labute approximate surface area is 110 Å². The van der Waals surface area contributed by atoms with Crippen LogP contribution in [0.2, 0.25) is 0 Å². The van der Waals surface area contributed by atoms with E-state index in [9.17, 15) is 20.0 Å². The lowest BCUT2D eigenvalue weighted by atomic mass is 10.1. The summed E-state index contributed by atoms with van der Waals surface area (Å²) >= 11 is 0. The summed E-state index contributed by atoms with van der Waals surface area (Å²) in [7, 11) is 0. The molecule has 1 aromatic carbocycles. The van der Waals surface area contributed by atoms with Crippen molar-refractivity contribution in [3.8, 4) is 0 Å². The van der Waals surface area contributed by atoms with Gasteiger partial charge in [-0.05, 0) is 19.0 Å². The van der Waals surface area contributed by atoms with Gasteiger partial charge in [-0.1, -0.05) is 0 Å². The maximum atomic E-state index is 11.2. The van der Waals surface area contributed by atoms with Crippen molar-refractivity contribution >= 4 is 17.3 Å². The molecule has 0 saturated carbocycles. The number of hydrogen-bond donors (Lipinski definition) is 2. The van der Waals surface area contributed by atoms with E-state index in [-0.39, 0.29) is 11.3 Å². The maximum absolute atomic E-state index is 11.2. The molecule has 1 aromatic rings. The van der Waals surface area contributed by atoms with Gasteiger partial charge in [0.15, 0.2) is 0 Å². The van der Waals surface area contributed by atoms with E-state index in [2.05, 4.69) is 5.32 Å². The summed E-state index contributed by atoms with van der Waals surface area (Å²) in [6.45, 7) is 2.94. The molecule has 2 rings (SSSR count). The number of aromatic carboxylic acids is 1. The van der Waals surface area contributed by atoms with Crippen molar-refractivity contribution < 1.29 is 14.8 Å². The van der Waals surface area contributed by atoms with Crippen molar-refractivity contribution in [2.75, 3.05) is 31.1 Å². The van der Waals surface area contributed by atoms with Gasteiger partial charge in [-0.2, -0.15) is 0 Å². The highest BCUT2D eigenvalue weighted by Crippen LogP contribution is 2.26. The van der Waals surface area contributed by atoms with Gasteiger partial charge >= 0.3 is 5.97 Å². The van der Waals surface area contributed by atoms with Crippen molar-refractivity contribution in [1.82, 2.24) is 5.32 Å². The number of anilines is 1. The minimum Gasteiger partial charge on any atom is -0.478 e. The topological polar surface area (TPSA) is 95.7 Å². The molecule has 19 heavy (non-hydrogen) atoms. The predicted octanol–water partition coefficient (Wildman–Crippen LogP) is 1.09. The van der Waals surface area contributed by atoms with Gasteiger partial charge in [-0.25, -0.2) is 4.79 Å². The zero-order valence-electron chi connectivity index (χ0n) is 10.3. The van der Waals surface area contributed by atoms with Gasteiger partial charge in [0, 0.05) is 31.8 Å². The van der Waals surface area contributed by atoms with Gasteiger partial charge in [0.2, 0.25) is 0 Å². The molecular weight excluding hydrogens is 250 g/mol. The molecule has 1 fully saturated rings. The van der Waals surface area contributed by atoms with Crippen LogP contribution in [0, 0.1) is 10.1 Å². The Morgan fingerprint density at radius 2 is 2.16 bits per heavy atom. The molecule has 7 heteroatoms. The predicted molar refractivity (Wildman–Crippen MR) is 69.8 cm³/mol. The van der Waals surface area contributed by atoms with E-state index < -0.39 is 10.9 Å². The quantitative estimate of drug-likeness (QED) is 0.627. The third-order valence-electron chi connectivity index (χ3n) is 3.10. The smallest absolute Gasteiger partial charge is 0.337 e. The first-order chi connectivity index (χ1) is 9.09. The average Bonchev–Trinajstić information content (AvgIpc) is 2.66. The second-order valence-corrected chi connectivity index (χ2v) is 4.35. The summed E-state index contributed by atoms with van der Waals surface area (Å²) in [4.78, 5) is 23.4. The number of rotatable bonds is 3. The van der Waals surface area contributed by atoms with Crippen LogP contribution in [0.4, 0.5) is 11.4 Å². The molecule has 7 nitrogen and oxygen atoms in total. The number of nitrogens with zero attached hydrogens (tertiary/aromatic N) is 2. The summed E-state index contributed by atoms with van der Waals surface area (Å²) in [6.07, 6.45) is 0.877. The molecule has 0 radical (unpaired) electrons. The van der Waals surface area contributed by atoms with Crippen LogP contribution < -0.4 is 10.2 Å². The minimum atomic E-state index is -1.07. The third kappa shape index (κ3) is 3.00. The molecular formula is C12H15N3O4. The Hall–Kier alpha value is -2.15. The number of nitro groups is 1. The van der Waals surface area contributed by atoms with Gasteiger partial charge in [0.05, 0.1) is 16.2 Å². The number of carbonyl (C=O) groups is 1. The van der Waals surface area contributed by atoms with Gasteiger partial charge < -0.3 is 15.3 Å². The van der Waals surface area contributed by atoms with Crippen molar-refractivity contribution in [3.05, 3.63) is 33.9 Å². The molecule has 0 bridgehead atoms. The highest BCUT2D eigenvalue weighted by Gasteiger charge is 2.20. The van der Waals surface area contributed by atoms with Gasteiger partial charge in [-0.15, -0.1) is 0 Å². The molecule has 1 aliphatic heterocycles. The van der Waals surface area contributed by atoms with E-state index in [1.165, 1.54) is 18.2 Å². The zero-order chi connectivity index (χ0) is 13.8. The number of benzene rings is 1. The number of non-ortho nitro benzene ring substituents is 1. The highest BCUT2D eigenvalue weighted by atomic mass is 16.6. The van der Waals surface area contributed by atoms with Crippen LogP contribution in [0.3, 0.4) is 0 Å². The Kier molecular flexibility index (Phi) is 3.96. The number of nitrogens with one attached hydrogen (secondary N) is 1. The standard InChI is InChI=1S/C12H15N3O4/c16-12(17)10-3-2-9(15(18)19)8-11(10)14-6-1-4-13-5-7-14/h2-3,8,13H,1,4-7H2,(H,16,17). The van der Waals surface area contributed by atoms with E-state index in [1.54, 1.807) is 0 Å². The molecule has 1 saturated heterocycles. The Balaban J connectivity index is 2.41. The number of nitro benzene ring substituents is 1. The van der Waals surface area contributed by atoms with Crippen LogP contribution in [0.15, 0.2) is 18.2 Å². The molecule has 0 amide bonds. The van der Waals surface area contributed by atoms with Crippen molar-refractivity contribution in [2.45, 2.75) is 6.42 Å². The molecule has 1 heterocycles. The summed E-state index contributed by atoms with van der Waals surface area (Å²) in [5.74, 6) is -1.07. The molecule has 0 atom stereocenters. The normalized spacial score (nSPS) is 15.9. The van der Waals surface area contributed by atoms with E-state index in [0.29, 0.717) is 18.8 Å². The fraction of sp³-hybridized carbons (Fsp3) is 0.417. The third-order valence-corrected chi connectivity index (χ3v) is 3.10. The lowest BCUT2D eigenvalue weighted by Gasteiger charge is -2.23. The van der Waals surface area contributed by atoms with Crippen molar-refractivity contribution in [1.29, 1.82) is 0 Å². The van der Waals surface area contributed by atoms with Gasteiger partial charge in [-0.3, -0.25) is 10.1 Å².